The van der Waals surface area contributed by atoms with Crippen LogP contribution in [0.25, 0.3) is 16.3 Å². The summed E-state index contributed by atoms with van der Waals surface area (Å²) in [6, 6.07) is 4.04. The van der Waals surface area contributed by atoms with E-state index in [-0.39, 0.29) is 17.7 Å². The Hall–Kier alpha value is -2.92. The van der Waals surface area contributed by atoms with Crippen LogP contribution in [0.2, 0.25) is 0 Å². The molecule has 4 heterocycles. The normalized spacial score (nSPS) is 20.5. The van der Waals surface area contributed by atoms with Gasteiger partial charge in [0.1, 0.15) is 16.3 Å². The van der Waals surface area contributed by atoms with Gasteiger partial charge in [0.2, 0.25) is 5.95 Å². The molecule has 0 bridgehead atoms. The first kappa shape index (κ1) is 21.9. The number of nitrogens with zero attached hydrogens (tertiary/aromatic N) is 5. The van der Waals surface area contributed by atoms with Gasteiger partial charge in [0, 0.05) is 42.4 Å². The molecule has 5 rings (SSSR count). The van der Waals surface area contributed by atoms with E-state index in [2.05, 4.69) is 42.7 Å². The van der Waals surface area contributed by atoms with Gasteiger partial charge in [-0.15, -0.1) is 10.2 Å². The number of rotatable bonds is 4. The molecular formula is C22H22F3N7S. The van der Waals surface area contributed by atoms with Crippen LogP contribution in [0.4, 0.5) is 19.1 Å². The Balaban J connectivity index is 1.48. The van der Waals surface area contributed by atoms with Crippen molar-refractivity contribution in [2.24, 2.45) is 0 Å². The van der Waals surface area contributed by atoms with Crippen LogP contribution in [-0.2, 0) is 12.6 Å². The van der Waals surface area contributed by atoms with Crippen molar-refractivity contribution < 1.29 is 13.2 Å². The lowest BCUT2D eigenvalue weighted by Gasteiger charge is -2.28. The molecule has 11 heteroatoms. The molecule has 1 aliphatic carbocycles. The highest BCUT2D eigenvalue weighted by atomic mass is 32.1. The molecule has 3 aromatic rings. The molecule has 7 nitrogen and oxygen atoms in total. The Kier molecular flexibility index (Phi) is 5.61. The van der Waals surface area contributed by atoms with Gasteiger partial charge in [-0.1, -0.05) is 23.5 Å². The summed E-state index contributed by atoms with van der Waals surface area (Å²) in [4.78, 5) is 12.9. The van der Waals surface area contributed by atoms with Crippen LogP contribution in [0.1, 0.15) is 47.3 Å². The monoisotopic (exact) mass is 473 g/mol. The number of nitrogens with one attached hydrogen (secondary N) is 2. The summed E-state index contributed by atoms with van der Waals surface area (Å²) in [6.45, 7) is 4.68. The molecule has 2 N–H and O–H groups in total. The molecule has 1 saturated heterocycles. The quantitative estimate of drug-likeness (QED) is 0.585. The van der Waals surface area contributed by atoms with Crippen LogP contribution < -0.4 is 10.6 Å². The molecule has 172 valence electrons. The number of halogens is 3. The van der Waals surface area contributed by atoms with E-state index in [1.807, 2.05) is 6.92 Å². The van der Waals surface area contributed by atoms with Crippen molar-refractivity contribution >= 4 is 22.9 Å². The number of hydrogen-bond donors (Lipinski definition) is 2. The number of alkyl halides is 3. The van der Waals surface area contributed by atoms with Crippen LogP contribution in [-0.4, -0.2) is 43.8 Å². The Morgan fingerprint density at radius 2 is 2.00 bits per heavy atom. The molecule has 33 heavy (non-hydrogen) atoms. The number of allylic oxidation sites excluding steroid dienone is 1. The molecule has 0 unspecified atom stereocenters. The maximum Gasteiger partial charge on any atom is 0.419 e. The van der Waals surface area contributed by atoms with E-state index in [1.165, 1.54) is 11.3 Å². The maximum absolute atomic E-state index is 13.8. The van der Waals surface area contributed by atoms with E-state index >= 15 is 0 Å². The minimum atomic E-state index is -4.57. The predicted octanol–water partition coefficient (Wildman–Crippen LogP) is 4.26. The van der Waals surface area contributed by atoms with Crippen molar-refractivity contribution in [3.8, 4) is 10.7 Å². The molecule has 0 amide bonds. The predicted molar refractivity (Wildman–Crippen MR) is 120 cm³/mol. The van der Waals surface area contributed by atoms with Crippen molar-refractivity contribution in [2.45, 2.75) is 51.4 Å². The number of hydrogen-bond acceptors (Lipinski definition) is 8. The molecule has 0 spiro atoms. The van der Waals surface area contributed by atoms with Crippen LogP contribution in [0, 0.1) is 6.92 Å². The first-order valence-corrected chi connectivity index (χ1v) is 11.5. The number of pyridine rings is 1. The number of fused-ring (bicyclic) bond motifs is 1. The summed E-state index contributed by atoms with van der Waals surface area (Å²) in [6.07, 6.45) is 0.344. The minimum Gasteiger partial charge on any atom is -0.350 e. The number of aromatic nitrogens is 5. The van der Waals surface area contributed by atoms with E-state index in [4.69, 9.17) is 0 Å². The zero-order valence-electron chi connectivity index (χ0n) is 18.1. The Morgan fingerprint density at radius 3 is 2.70 bits per heavy atom. The molecule has 0 radical (unpaired) electrons. The summed E-state index contributed by atoms with van der Waals surface area (Å²) in [5.41, 5.74) is 1.44. The second-order valence-electron chi connectivity index (χ2n) is 8.32. The van der Waals surface area contributed by atoms with Gasteiger partial charge < -0.3 is 10.6 Å². The van der Waals surface area contributed by atoms with Crippen LogP contribution >= 0.6 is 11.3 Å². The van der Waals surface area contributed by atoms with Gasteiger partial charge in [-0.25, -0.2) is 15.0 Å². The van der Waals surface area contributed by atoms with Gasteiger partial charge in [0.25, 0.3) is 0 Å². The molecule has 1 fully saturated rings. The zero-order chi connectivity index (χ0) is 23.2. The Labute approximate surface area is 192 Å². The third-order valence-corrected chi connectivity index (χ3v) is 6.71. The van der Waals surface area contributed by atoms with Crippen molar-refractivity contribution in [1.29, 1.82) is 0 Å². The highest BCUT2D eigenvalue weighted by molar-refractivity contribution is 7.14. The fraction of sp³-hybridized carbons (Fsp3) is 0.409. The highest BCUT2D eigenvalue weighted by Gasteiger charge is 2.37. The van der Waals surface area contributed by atoms with Crippen molar-refractivity contribution in [1.82, 2.24) is 30.5 Å². The lowest BCUT2D eigenvalue weighted by molar-refractivity contribution is -0.138. The molecule has 2 atom stereocenters. The van der Waals surface area contributed by atoms with E-state index < -0.39 is 11.7 Å². The summed E-state index contributed by atoms with van der Waals surface area (Å²) in [5, 5.41) is 16.2. The summed E-state index contributed by atoms with van der Waals surface area (Å²) in [5.74, 6) is 0.197. The van der Waals surface area contributed by atoms with Gasteiger partial charge >= 0.3 is 6.18 Å². The average molecular weight is 474 g/mol. The third-order valence-electron chi connectivity index (χ3n) is 5.85. The first-order chi connectivity index (χ1) is 15.8. The van der Waals surface area contributed by atoms with Gasteiger partial charge in [-0.05, 0) is 32.8 Å². The SMILES string of the molecule is Cc1nnc(-c2ccc3c(n2)CC=C3c2nc(N[C@H]3CC[C@H](C)NC3)ncc2C(F)(F)F)s1. The van der Waals surface area contributed by atoms with Gasteiger partial charge in [-0.2, -0.15) is 13.2 Å². The van der Waals surface area contributed by atoms with Gasteiger partial charge in [0.15, 0.2) is 5.01 Å². The largest absolute Gasteiger partial charge is 0.419 e. The molecule has 1 aliphatic heterocycles. The number of anilines is 1. The van der Waals surface area contributed by atoms with E-state index in [0.29, 0.717) is 46.5 Å². The number of aryl methyl sites for hydroxylation is 1. The van der Waals surface area contributed by atoms with E-state index in [9.17, 15) is 13.2 Å². The van der Waals surface area contributed by atoms with Crippen molar-refractivity contribution in [3.05, 3.63) is 51.9 Å². The Morgan fingerprint density at radius 1 is 1.15 bits per heavy atom. The van der Waals surface area contributed by atoms with Gasteiger partial charge in [-0.3, -0.25) is 0 Å². The highest BCUT2D eigenvalue weighted by Crippen LogP contribution is 2.40. The van der Waals surface area contributed by atoms with E-state index in [0.717, 1.165) is 24.0 Å². The number of piperidine rings is 1. The second kappa shape index (κ2) is 8.45. The zero-order valence-corrected chi connectivity index (χ0v) is 18.9. The first-order valence-electron chi connectivity index (χ1n) is 10.7. The molecule has 2 aliphatic rings. The summed E-state index contributed by atoms with van der Waals surface area (Å²) in [7, 11) is 0. The third kappa shape index (κ3) is 4.47. The fourth-order valence-corrected chi connectivity index (χ4v) is 4.78. The van der Waals surface area contributed by atoms with Gasteiger partial charge in [0.05, 0.1) is 11.4 Å². The second-order valence-corrected chi connectivity index (χ2v) is 9.50. The van der Waals surface area contributed by atoms with Crippen LogP contribution in [0.5, 0.6) is 0 Å². The fourth-order valence-electron chi connectivity index (χ4n) is 4.12. The average Bonchev–Trinajstić information content (AvgIpc) is 3.40. The maximum atomic E-state index is 13.8. The summed E-state index contributed by atoms with van der Waals surface area (Å²) >= 11 is 1.42. The molecule has 0 saturated carbocycles. The smallest absolute Gasteiger partial charge is 0.350 e. The van der Waals surface area contributed by atoms with Crippen molar-refractivity contribution in [2.75, 3.05) is 11.9 Å². The topological polar surface area (TPSA) is 88.5 Å². The lowest BCUT2D eigenvalue weighted by atomic mass is 10.0. The molecular weight excluding hydrogens is 451 g/mol. The minimum absolute atomic E-state index is 0.0650. The Bertz CT molecular complexity index is 1210. The van der Waals surface area contributed by atoms with Crippen molar-refractivity contribution in [3.63, 3.8) is 0 Å². The molecule has 3 aromatic heterocycles. The molecule has 0 aromatic carbocycles. The lowest BCUT2D eigenvalue weighted by Crippen LogP contribution is -2.43. The van der Waals surface area contributed by atoms with Crippen LogP contribution in [0.15, 0.2) is 24.4 Å². The van der Waals surface area contributed by atoms with Crippen LogP contribution in [0.3, 0.4) is 0 Å². The summed E-state index contributed by atoms with van der Waals surface area (Å²) < 4.78 is 41.5. The van der Waals surface area contributed by atoms with E-state index in [1.54, 1.807) is 18.2 Å². The standard InChI is InChI=1S/C22H22F3N7S/c1-11-3-4-13(9-26-11)28-21-27-10-16(22(23,24)25)19(30-21)15-6-7-17-14(15)5-8-18(29-17)20-32-31-12(2)33-20/h5-6,8,10-11,13,26H,3-4,7,9H2,1-2H3,(H,27,28,30)/t11-,13-/m0/s1.